The van der Waals surface area contributed by atoms with Crippen LogP contribution in [0.4, 0.5) is 24.5 Å². The summed E-state index contributed by atoms with van der Waals surface area (Å²) in [6.45, 7) is 4.67. The highest BCUT2D eigenvalue weighted by Crippen LogP contribution is 2.37. The lowest BCUT2D eigenvalue weighted by atomic mass is 10.1. The Bertz CT molecular complexity index is 415. The van der Waals surface area contributed by atoms with Crippen molar-refractivity contribution in [3.63, 3.8) is 0 Å². The molecule has 5 heteroatoms. The number of hydrogen-bond donors (Lipinski definition) is 1. The first kappa shape index (κ1) is 12.1. The fourth-order valence-corrected chi connectivity index (χ4v) is 2.14. The van der Waals surface area contributed by atoms with Crippen molar-refractivity contribution in [1.82, 2.24) is 0 Å². The molecule has 1 aromatic carbocycles. The predicted octanol–water partition coefficient (Wildman–Crippen LogP) is 3.09. The first-order valence-corrected chi connectivity index (χ1v) is 5.46. The van der Waals surface area contributed by atoms with E-state index in [4.69, 9.17) is 5.73 Å². The SMILES string of the molecule is [CH2][C@H]1CCCN1c1ccc(N)c(C(F)(F)F)c1. The van der Waals surface area contributed by atoms with Crippen molar-refractivity contribution in [3.05, 3.63) is 30.7 Å². The van der Waals surface area contributed by atoms with Gasteiger partial charge in [0, 0.05) is 24.0 Å². The summed E-state index contributed by atoms with van der Waals surface area (Å²) in [4.78, 5) is 1.88. The molecule has 1 aliphatic rings. The zero-order chi connectivity index (χ0) is 12.6. The van der Waals surface area contributed by atoms with E-state index in [2.05, 4.69) is 6.92 Å². The number of nitrogens with two attached hydrogens (primary N) is 1. The summed E-state index contributed by atoms with van der Waals surface area (Å²) in [5.74, 6) is 0. The Balaban J connectivity index is 2.37. The Kier molecular flexibility index (Phi) is 2.93. The summed E-state index contributed by atoms with van der Waals surface area (Å²) >= 11 is 0. The zero-order valence-electron chi connectivity index (χ0n) is 9.30. The van der Waals surface area contributed by atoms with E-state index in [9.17, 15) is 13.2 Å². The molecule has 0 saturated carbocycles. The van der Waals surface area contributed by atoms with Gasteiger partial charge in [0.2, 0.25) is 0 Å². The minimum atomic E-state index is -4.41. The molecule has 0 aliphatic carbocycles. The summed E-state index contributed by atoms with van der Waals surface area (Å²) in [6, 6.07) is 4.08. The van der Waals surface area contributed by atoms with E-state index in [1.807, 2.05) is 4.90 Å². The molecule has 2 nitrogen and oxygen atoms in total. The van der Waals surface area contributed by atoms with Gasteiger partial charge in [0.05, 0.1) is 5.56 Å². The molecule has 0 unspecified atom stereocenters. The van der Waals surface area contributed by atoms with Crippen LogP contribution in [0.3, 0.4) is 0 Å². The van der Waals surface area contributed by atoms with Gasteiger partial charge in [0.1, 0.15) is 0 Å². The third kappa shape index (κ3) is 2.33. The molecule has 2 rings (SSSR count). The number of halogens is 3. The average molecular weight is 243 g/mol. The van der Waals surface area contributed by atoms with Crippen molar-refractivity contribution in [2.24, 2.45) is 0 Å². The quantitative estimate of drug-likeness (QED) is 0.768. The van der Waals surface area contributed by atoms with E-state index in [1.54, 1.807) is 6.07 Å². The molecule has 0 aromatic heterocycles. The number of rotatable bonds is 1. The number of nitrogens with zero attached hydrogens (tertiary/aromatic N) is 1. The first-order chi connectivity index (χ1) is 7.89. The van der Waals surface area contributed by atoms with Gasteiger partial charge in [-0.05, 0) is 38.0 Å². The van der Waals surface area contributed by atoms with Crippen LogP contribution in [0.15, 0.2) is 18.2 Å². The van der Waals surface area contributed by atoms with E-state index in [-0.39, 0.29) is 11.7 Å². The maximum absolute atomic E-state index is 12.7. The van der Waals surface area contributed by atoms with E-state index in [1.165, 1.54) is 6.07 Å². The molecule has 1 heterocycles. The van der Waals surface area contributed by atoms with E-state index < -0.39 is 11.7 Å². The topological polar surface area (TPSA) is 29.3 Å². The predicted molar refractivity (Wildman–Crippen MR) is 61.6 cm³/mol. The molecule has 1 radical (unpaired) electrons. The molecule has 93 valence electrons. The van der Waals surface area contributed by atoms with Gasteiger partial charge in [-0.3, -0.25) is 0 Å². The molecule has 1 saturated heterocycles. The molecule has 17 heavy (non-hydrogen) atoms. The molecule has 0 spiro atoms. The maximum Gasteiger partial charge on any atom is 0.418 e. The number of nitrogen functional groups attached to an aromatic ring is 1. The van der Waals surface area contributed by atoms with Crippen LogP contribution in [0.25, 0.3) is 0 Å². The van der Waals surface area contributed by atoms with Crippen molar-refractivity contribution in [2.45, 2.75) is 25.1 Å². The maximum atomic E-state index is 12.7. The van der Waals surface area contributed by atoms with Gasteiger partial charge >= 0.3 is 6.18 Å². The van der Waals surface area contributed by atoms with Gasteiger partial charge in [-0.15, -0.1) is 0 Å². The summed E-state index contributed by atoms with van der Waals surface area (Å²) in [7, 11) is 0. The van der Waals surface area contributed by atoms with Crippen LogP contribution in [0.5, 0.6) is 0 Å². The lowest BCUT2D eigenvalue weighted by molar-refractivity contribution is -0.136. The van der Waals surface area contributed by atoms with Crippen LogP contribution in [0.2, 0.25) is 0 Å². The normalized spacial score (nSPS) is 20.9. The first-order valence-electron chi connectivity index (χ1n) is 5.46. The van der Waals surface area contributed by atoms with E-state index in [0.29, 0.717) is 5.69 Å². The highest BCUT2D eigenvalue weighted by molar-refractivity contribution is 5.60. The lowest BCUT2D eigenvalue weighted by Crippen LogP contribution is -2.27. The van der Waals surface area contributed by atoms with E-state index in [0.717, 1.165) is 25.5 Å². The Morgan fingerprint density at radius 3 is 2.59 bits per heavy atom. The molecule has 0 amide bonds. The fraction of sp³-hybridized carbons (Fsp3) is 0.417. The van der Waals surface area contributed by atoms with Crippen molar-refractivity contribution >= 4 is 11.4 Å². The molecular formula is C12H14F3N2. The standard InChI is InChI=1S/C12H14F3N2/c1-8-3-2-6-17(8)9-4-5-11(16)10(7-9)12(13,14)15/h4-5,7-8H,1-3,6,16H2/t8-/m0/s1. The zero-order valence-corrected chi connectivity index (χ0v) is 9.30. The second-order valence-electron chi connectivity index (χ2n) is 4.26. The smallest absolute Gasteiger partial charge is 0.398 e. The third-order valence-electron chi connectivity index (χ3n) is 3.05. The molecule has 2 N–H and O–H groups in total. The Morgan fingerprint density at radius 1 is 1.35 bits per heavy atom. The van der Waals surface area contributed by atoms with Crippen LogP contribution >= 0.6 is 0 Å². The summed E-state index contributed by atoms with van der Waals surface area (Å²) in [5.41, 5.74) is 4.90. The highest BCUT2D eigenvalue weighted by Gasteiger charge is 2.34. The Morgan fingerprint density at radius 2 is 2.06 bits per heavy atom. The summed E-state index contributed by atoms with van der Waals surface area (Å²) in [5, 5.41) is 0. The monoisotopic (exact) mass is 243 g/mol. The third-order valence-corrected chi connectivity index (χ3v) is 3.05. The number of anilines is 2. The van der Waals surface area contributed by atoms with Gasteiger partial charge in [-0.1, -0.05) is 0 Å². The van der Waals surface area contributed by atoms with Gasteiger partial charge in [0.15, 0.2) is 0 Å². The van der Waals surface area contributed by atoms with Crippen molar-refractivity contribution < 1.29 is 13.2 Å². The average Bonchev–Trinajstić information content (AvgIpc) is 2.63. The van der Waals surface area contributed by atoms with Crippen LogP contribution < -0.4 is 10.6 Å². The Labute approximate surface area is 98.2 Å². The van der Waals surface area contributed by atoms with E-state index >= 15 is 0 Å². The van der Waals surface area contributed by atoms with Gasteiger partial charge in [-0.2, -0.15) is 13.2 Å². The van der Waals surface area contributed by atoms with Gasteiger partial charge in [-0.25, -0.2) is 0 Å². The van der Waals surface area contributed by atoms with Crippen LogP contribution in [0, 0.1) is 6.92 Å². The molecule has 1 aliphatic heterocycles. The van der Waals surface area contributed by atoms with Gasteiger partial charge < -0.3 is 10.6 Å². The lowest BCUT2D eigenvalue weighted by Gasteiger charge is -2.25. The van der Waals surface area contributed by atoms with Crippen molar-refractivity contribution in [2.75, 3.05) is 17.2 Å². The molecule has 0 bridgehead atoms. The van der Waals surface area contributed by atoms with Crippen LogP contribution in [0.1, 0.15) is 18.4 Å². The number of alkyl halides is 3. The number of benzene rings is 1. The second-order valence-corrected chi connectivity index (χ2v) is 4.26. The molecular weight excluding hydrogens is 229 g/mol. The summed E-state index contributed by atoms with van der Waals surface area (Å²) in [6.07, 6.45) is -2.54. The Hall–Kier alpha value is -1.39. The minimum Gasteiger partial charge on any atom is -0.398 e. The largest absolute Gasteiger partial charge is 0.418 e. The minimum absolute atomic E-state index is 0.0414. The second kappa shape index (κ2) is 4.13. The molecule has 1 fully saturated rings. The molecule has 1 atom stereocenters. The summed E-state index contributed by atoms with van der Waals surface area (Å²) < 4.78 is 38.1. The van der Waals surface area contributed by atoms with Crippen molar-refractivity contribution in [1.29, 1.82) is 0 Å². The van der Waals surface area contributed by atoms with Crippen molar-refractivity contribution in [3.8, 4) is 0 Å². The highest BCUT2D eigenvalue weighted by atomic mass is 19.4. The van der Waals surface area contributed by atoms with Gasteiger partial charge in [0.25, 0.3) is 0 Å². The fourth-order valence-electron chi connectivity index (χ4n) is 2.14. The van der Waals surface area contributed by atoms with Crippen LogP contribution in [-0.4, -0.2) is 12.6 Å². The molecule has 1 aromatic rings. The van der Waals surface area contributed by atoms with Crippen LogP contribution in [-0.2, 0) is 6.18 Å². The number of hydrogen-bond acceptors (Lipinski definition) is 2.